The molecule has 2 heterocycles. The lowest BCUT2D eigenvalue weighted by atomic mass is 10.2. The number of halogens is 3. The molecule has 2 N–H and O–H groups in total. The molecule has 1 aromatic carbocycles. The minimum atomic E-state index is -4.36. The Bertz CT molecular complexity index is 740. The van der Waals surface area contributed by atoms with Crippen LogP contribution >= 0.6 is 0 Å². The fourth-order valence-electron chi connectivity index (χ4n) is 2.61. The van der Waals surface area contributed by atoms with Crippen LogP contribution in [-0.4, -0.2) is 30.1 Å². The fourth-order valence-corrected chi connectivity index (χ4v) is 2.61. The molecule has 0 radical (unpaired) electrons. The molecule has 1 fully saturated rings. The zero-order valence-electron chi connectivity index (χ0n) is 13.8. The van der Waals surface area contributed by atoms with Crippen LogP contribution in [0.15, 0.2) is 42.6 Å². The largest absolute Gasteiger partial charge is 0.416 e. The molecule has 0 spiro atoms. The van der Waals surface area contributed by atoms with Crippen LogP contribution in [0, 0.1) is 0 Å². The van der Waals surface area contributed by atoms with Crippen LogP contribution in [0.1, 0.15) is 28.9 Å². The summed E-state index contributed by atoms with van der Waals surface area (Å²) in [7, 11) is 0. The monoisotopic (exact) mass is 365 g/mol. The molecule has 26 heavy (non-hydrogen) atoms. The number of rotatable bonds is 5. The summed E-state index contributed by atoms with van der Waals surface area (Å²) in [5.41, 5.74) is 0.622. The maximum absolute atomic E-state index is 12.6. The zero-order chi connectivity index (χ0) is 18.6. The maximum atomic E-state index is 12.6. The van der Waals surface area contributed by atoms with E-state index >= 15 is 0 Å². The zero-order valence-corrected chi connectivity index (χ0v) is 13.8. The van der Waals surface area contributed by atoms with Crippen molar-refractivity contribution in [2.75, 3.05) is 18.5 Å². The van der Waals surface area contributed by atoms with Gasteiger partial charge in [0.2, 0.25) is 0 Å². The molecule has 1 aliphatic heterocycles. The summed E-state index contributed by atoms with van der Waals surface area (Å²) in [6, 6.07) is 7.88. The number of ether oxygens (including phenoxy) is 1. The van der Waals surface area contributed by atoms with E-state index in [1.165, 1.54) is 18.3 Å². The van der Waals surface area contributed by atoms with Crippen LogP contribution in [0.3, 0.4) is 0 Å². The quantitative estimate of drug-likeness (QED) is 0.847. The van der Waals surface area contributed by atoms with Gasteiger partial charge >= 0.3 is 6.18 Å². The van der Waals surface area contributed by atoms with Crippen molar-refractivity contribution in [3.63, 3.8) is 0 Å². The van der Waals surface area contributed by atoms with Crippen molar-refractivity contribution in [3.8, 4) is 0 Å². The van der Waals surface area contributed by atoms with Gasteiger partial charge in [0.25, 0.3) is 5.91 Å². The van der Waals surface area contributed by atoms with Gasteiger partial charge in [-0.2, -0.15) is 13.2 Å². The van der Waals surface area contributed by atoms with Gasteiger partial charge in [-0.25, -0.2) is 4.98 Å². The van der Waals surface area contributed by atoms with E-state index in [1.54, 1.807) is 12.1 Å². The molecular formula is C18H18F3N3O2. The van der Waals surface area contributed by atoms with Gasteiger partial charge in [0.15, 0.2) is 0 Å². The highest BCUT2D eigenvalue weighted by molar-refractivity contribution is 5.92. The number of nitrogens with one attached hydrogen (secondary N) is 2. The van der Waals surface area contributed by atoms with Crippen LogP contribution in [0.4, 0.5) is 24.5 Å². The highest BCUT2D eigenvalue weighted by atomic mass is 19.4. The lowest BCUT2D eigenvalue weighted by Crippen LogP contribution is -2.32. The van der Waals surface area contributed by atoms with E-state index < -0.39 is 11.7 Å². The molecule has 1 amide bonds. The number of pyridine rings is 1. The van der Waals surface area contributed by atoms with Crippen LogP contribution in [0.5, 0.6) is 0 Å². The molecule has 2 aromatic rings. The molecule has 3 rings (SSSR count). The molecule has 0 aliphatic carbocycles. The Hall–Kier alpha value is -2.61. The lowest BCUT2D eigenvalue weighted by molar-refractivity contribution is -0.137. The van der Waals surface area contributed by atoms with Crippen molar-refractivity contribution in [2.24, 2.45) is 0 Å². The first-order valence-corrected chi connectivity index (χ1v) is 8.22. The molecule has 0 bridgehead atoms. The van der Waals surface area contributed by atoms with E-state index in [9.17, 15) is 18.0 Å². The normalized spacial score (nSPS) is 17.1. The third-order valence-electron chi connectivity index (χ3n) is 4.01. The van der Waals surface area contributed by atoms with E-state index in [4.69, 9.17) is 4.74 Å². The Morgan fingerprint density at radius 3 is 2.46 bits per heavy atom. The van der Waals surface area contributed by atoms with Gasteiger partial charge in [0, 0.05) is 18.8 Å². The second-order valence-corrected chi connectivity index (χ2v) is 5.98. The number of amides is 1. The predicted molar refractivity (Wildman–Crippen MR) is 90.3 cm³/mol. The molecule has 8 heteroatoms. The number of alkyl halides is 3. The van der Waals surface area contributed by atoms with Crippen molar-refractivity contribution in [1.29, 1.82) is 0 Å². The smallest absolute Gasteiger partial charge is 0.376 e. The number of hydrogen-bond donors (Lipinski definition) is 2. The molecule has 1 unspecified atom stereocenters. The average molecular weight is 365 g/mol. The van der Waals surface area contributed by atoms with Crippen molar-refractivity contribution in [1.82, 2.24) is 10.3 Å². The second-order valence-electron chi connectivity index (χ2n) is 5.98. The Kier molecular flexibility index (Phi) is 5.41. The highest BCUT2D eigenvalue weighted by Gasteiger charge is 2.29. The number of carbonyl (C=O) groups excluding carboxylic acids is 1. The lowest BCUT2D eigenvalue weighted by Gasteiger charge is -2.11. The predicted octanol–water partition coefficient (Wildman–Crippen LogP) is 3.75. The molecule has 1 aromatic heterocycles. The van der Waals surface area contributed by atoms with Gasteiger partial charge in [-0.3, -0.25) is 4.79 Å². The van der Waals surface area contributed by atoms with E-state index in [1.807, 2.05) is 0 Å². The Morgan fingerprint density at radius 1 is 1.15 bits per heavy atom. The van der Waals surface area contributed by atoms with Gasteiger partial charge < -0.3 is 15.4 Å². The van der Waals surface area contributed by atoms with E-state index in [0.717, 1.165) is 31.6 Å². The first-order chi connectivity index (χ1) is 12.4. The third kappa shape index (κ3) is 4.72. The number of hydrogen-bond acceptors (Lipinski definition) is 4. The summed E-state index contributed by atoms with van der Waals surface area (Å²) >= 11 is 0. The summed E-state index contributed by atoms with van der Waals surface area (Å²) in [4.78, 5) is 16.1. The van der Waals surface area contributed by atoms with Crippen molar-refractivity contribution in [2.45, 2.75) is 25.1 Å². The number of aromatic nitrogens is 1. The van der Waals surface area contributed by atoms with Gasteiger partial charge in [0.05, 0.1) is 23.6 Å². The molecule has 1 saturated heterocycles. The first-order valence-electron chi connectivity index (χ1n) is 8.22. The third-order valence-corrected chi connectivity index (χ3v) is 4.01. The SMILES string of the molecule is O=C(NCC1CCCO1)c1ccc(Nc2ccc(C(F)(F)F)cc2)cn1. The summed E-state index contributed by atoms with van der Waals surface area (Å²) in [5, 5.41) is 5.72. The highest BCUT2D eigenvalue weighted by Crippen LogP contribution is 2.30. The van der Waals surface area contributed by atoms with E-state index in [-0.39, 0.29) is 17.7 Å². The molecule has 1 atom stereocenters. The molecular weight excluding hydrogens is 347 g/mol. The van der Waals surface area contributed by atoms with Crippen LogP contribution in [0.25, 0.3) is 0 Å². The van der Waals surface area contributed by atoms with E-state index in [0.29, 0.717) is 17.9 Å². The standard InChI is InChI=1S/C18H18F3N3O2/c19-18(20,21)12-3-5-13(6-4-12)24-14-7-8-16(22-10-14)17(25)23-11-15-2-1-9-26-15/h3-8,10,15,24H,1-2,9,11H2,(H,23,25). The second kappa shape index (κ2) is 7.74. The summed E-state index contributed by atoms with van der Waals surface area (Å²) in [6.07, 6.45) is -0.913. The molecule has 1 aliphatic rings. The Labute approximate surface area is 148 Å². The topological polar surface area (TPSA) is 63.2 Å². The number of anilines is 2. The average Bonchev–Trinajstić information content (AvgIpc) is 3.13. The fraction of sp³-hybridized carbons (Fsp3) is 0.333. The number of carbonyl (C=O) groups is 1. The molecule has 0 saturated carbocycles. The van der Waals surface area contributed by atoms with Gasteiger partial charge in [-0.05, 0) is 49.2 Å². The van der Waals surface area contributed by atoms with Crippen LogP contribution < -0.4 is 10.6 Å². The summed E-state index contributed by atoms with van der Waals surface area (Å²) in [6.45, 7) is 1.18. The number of benzene rings is 1. The van der Waals surface area contributed by atoms with E-state index in [2.05, 4.69) is 15.6 Å². The maximum Gasteiger partial charge on any atom is 0.416 e. The van der Waals surface area contributed by atoms with Crippen LogP contribution in [0.2, 0.25) is 0 Å². The molecule has 138 valence electrons. The minimum Gasteiger partial charge on any atom is -0.376 e. The summed E-state index contributed by atoms with van der Waals surface area (Å²) in [5.74, 6) is -0.290. The first kappa shape index (κ1) is 18.2. The Balaban J connectivity index is 1.56. The summed E-state index contributed by atoms with van der Waals surface area (Å²) < 4.78 is 43.1. The van der Waals surface area contributed by atoms with Crippen LogP contribution in [-0.2, 0) is 10.9 Å². The van der Waals surface area contributed by atoms with Gasteiger partial charge in [0.1, 0.15) is 5.69 Å². The van der Waals surface area contributed by atoms with Gasteiger partial charge in [-0.15, -0.1) is 0 Å². The van der Waals surface area contributed by atoms with Crippen molar-refractivity contribution < 1.29 is 22.7 Å². The number of nitrogens with zero attached hydrogens (tertiary/aromatic N) is 1. The minimum absolute atomic E-state index is 0.0551. The van der Waals surface area contributed by atoms with Crippen molar-refractivity contribution in [3.05, 3.63) is 53.9 Å². The Morgan fingerprint density at radius 2 is 1.88 bits per heavy atom. The van der Waals surface area contributed by atoms with Crippen molar-refractivity contribution >= 4 is 17.3 Å². The van der Waals surface area contributed by atoms with Gasteiger partial charge in [-0.1, -0.05) is 0 Å². The molecule has 5 nitrogen and oxygen atoms in total.